The minimum atomic E-state index is -0.969. The number of unbranched alkanes of at least 4 members (excludes halogenated alkanes) is 9. The molecular formula is C19H36O5. The van der Waals surface area contributed by atoms with Gasteiger partial charge in [0, 0.05) is 13.0 Å². The van der Waals surface area contributed by atoms with Crippen molar-refractivity contribution in [2.45, 2.75) is 83.2 Å². The number of allylic oxidation sites excluding steroid dienone is 2. The Labute approximate surface area is 146 Å². The summed E-state index contributed by atoms with van der Waals surface area (Å²) in [7, 11) is 0. The van der Waals surface area contributed by atoms with Gasteiger partial charge in [0.2, 0.25) is 0 Å². The van der Waals surface area contributed by atoms with Gasteiger partial charge in [-0.25, -0.2) is 0 Å². The predicted octanol–water partition coefficient (Wildman–Crippen LogP) is 3.11. The van der Waals surface area contributed by atoms with Gasteiger partial charge in [-0.3, -0.25) is 4.79 Å². The molecule has 0 bridgehead atoms. The second-order valence-electron chi connectivity index (χ2n) is 6.22. The summed E-state index contributed by atoms with van der Waals surface area (Å²) >= 11 is 0. The Bertz CT molecular complexity index is 304. The highest BCUT2D eigenvalue weighted by Crippen LogP contribution is 2.10. The first-order chi connectivity index (χ1) is 11.7. The SMILES string of the molecule is O=C(CCCCCCCC/C=C/CCCCCO)OCC(O)CO. The molecule has 0 aromatic carbocycles. The van der Waals surface area contributed by atoms with Crippen molar-refractivity contribution in [3.8, 4) is 0 Å². The first-order valence-corrected chi connectivity index (χ1v) is 9.41. The van der Waals surface area contributed by atoms with E-state index < -0.39 is 6.10 Å². The molecule has 0 aliphatic carbocycles. The highest BCUT2D eigenvalue weighted by molar-refractivity contribution is 5.69. The summed E-state index contributed by atoms with van der Waals surface area (Å²) in [5, 5.41) is 26.3. The average Bonchev–Trinajstić information content (AvgIpc) is 2.59. The molecule has 0 aromatic rings. The zero-order chi connectivity index (χ0) is 17.9. The van der Waals surface area contributed by atoms with Crippen LogP contribution >= 0.6 is 0 Å². The molecule has 0 heterocycles. The highest BCUT2D eigenvalue weighted by Gasteiger charge is 2.07. The maximum atomic E-state index is 11.3. The molecule has 0 aromatic heterocycles. The molecule has 0 fully saturated rings. The smallest absolute Gasteiger partial charge is 0.305 e. The number of aliphatic hydroxyl groups is 3. The zero-order valence-corrected chi connectivity index (χ0v) is 15.0. The summed E-state index contributed by atoms with van der Waals surface area (Å²) in [4.78, 5) is 11.3. The van der Waals surface area contributed by atoms with Gasteiger partial charge in [-0.15, -0.1) is 0 Å². The normalized spacial score (nSPS) is 12.6. The molecule has 0 amide bonds. The van der Waals surface area contributed by atoms with Gasteiger partial charge in [-0.2, -0.15) is 0 Å². The van der Waals surface area contributed by atoms with E-state index in [9.17, 15) is 4.79 Å². The van der Waals surface area contributed by atoms with Crippen molar-refractivity contribution >= 4 is 5.97 Å². The van der Waals surface area contributed by atoms with Crippen LogP contribution < -0.4 is 0 Å². The van der Waals surface area contributed by atoms with Crippen LogP contribution in [0.4, 0.5) is 0 Å². The number of carbonyl (C=O) groups excluding carboxylic acids is 1. The third-order valence-electron chi connectivity index (χ3n) is 3.84. The number of ether oxygens (including phenoxy) is 1. The minimum Gasteiger partial charge on any atom is -0.463 e. The molecule has 3 N–H and O–H groups in total. The maximum Gasteiger partial charge on any atom is 0.305 e. The fourth-order valence-corrected chi connectivity index (χ4v) is 2.34. The number of hydrogen-bond acceptors (Lipinski definition) is 5. The first-order valence-electron chi connectivity index (χ1n) is 9.41. The molecule has 5 heteroatoms. The summed E-state index contributed by atoms with van der Waals surface area (Å²) in [6.07, 6.45) is 16.0. The quantitative estimate of drug-likeness (QED) is 0.214. The summed E-state index contributed by atoms with van der Waals surface area (Å²) < 4.78 is 4.84. The number of carbonyl (C=O) groups is 1. The lowest BCUT2D eigenvalue weighted by Gasteiger charge is -2.08. The van der Waals surface area contributed by atoms with E-state index >= 15 is 0 Å². The molecule has 1 unspecified atom stereocenters. The molecule has 24 heavy (non-hydrogen) atoms. The fourth-order valence-electron chi connectivity index (χ4n) is 2.34. The topological polar surface area (TPSA) is 87.0 Å². The van der Waals surface area contributed by atoms with E-state index in [1.54, 1.807) is 0 Å². The molecule has 0 spiro atoms. The number of aliphatic hydroxyl groups excluding tert-OH is 3. The van der Waals surface area contributed by atoms with Crippen LogP contribution in [-0.2, 0) is 9.53 Å². The monoisotopic (exact) mass is 344 g/mol. The maximum absolute atomic E-state index is 11.3. The largest absolute Gasteiger partial charge is 0.463 e. The number of rotatable bonds is 17. The van der Waals surface area contributed by atoms with Crippen LogP contribution in [0.3, 0.4) is 0 Å². The Morgan fingerprint density at radius 3 is 1.96 bits per heavy atom. The van der Waals surface area contributed by atoms with Gasteiger partial charge in [0.1, 0.15) is 12.7 Å². The van der Waals surface area contributed by atoms with Gasteiger partial charge in [-0.1, -0.05) is 44.3 Å². The Hall–Kier alpha value is -0.910. The van der Waals surface area contributed by atoms with Gasteiger partial charge in [0.15, 0.2) is 0 Å². The lowest BCUT2D eigenvalue weighted by atomic mass is 10.1. The molecular weight excluding hydrogens is 308 g/mol. The summed E-state index contributed by atoms with van der Waals surface area (Å²) in [6.45, 7) is -0.200. The molecule has 0 rings (SSSR count). The van der Waals surface area contributed by atoms with E-state index in [4.69, 9.17) is 20.1 Å². The van der Waals surface area contributed by atoms with Crippen molar-refractivity contribution in [2.24, 2.45) is 0 Å². The average molecular weight is 344 g/mol. The zero-order valence-electron chi connectivity index (χ0n) is 15.0. The van der Waals surface area contributed by atoms with Crippen molar-refractivity contribution in [3.63, 3.8) is 0 Å². The van der Waals surface area contributed by atoms with Crippen molar-refractivity contribution in [3.05, 3.63) is 12.2 Å². The summed E-state index contributed by atoms with van der Waals surface area (Å²) in [6, 6.07) is 0. The molecule has 0 saturated heterocycles. The predicted molar refractivity (Wildman–Crippen MR) is 95.7 cm³/mol. The molecule has 0 radical (unpaired) electrons. The van der Waals surface area contributed by atoms with Crippen LogP contribution in [-0.4, -0.2) is 47.2 Å². The van der Waals surface area contributed by atoms with Crippen molar-refractivity contribution < 1.29 is 24.9 Å². The van der Waals surface area contributed by atoms with E-state index in [0.29, 0.717) is 13.0 Å². The Kier molecular flexibility index (Phi) is 17.7. The molecule has 0 saturated carbocycles. The minimum absolute atomic E-state index is 0.121. The molecule has 142 valence electrons. The third-order valence-corrected chi connectivity index (χ3v) is 3.84. The summed E-state index contributed by atoms with van der Waals surface area (Å²) in [5.74, 6) is -0.299. The third kappa shape index (κ3) is 17.4. The van der Waals surface area contributed by atoms with Crippen LogP contribution in [0, 0.1) is 0 Å². The first kappa shape index (κ1) is 23.1. The van der Waals surface area contributed by atoms with E-state index in [-0.39, 0.29) is 19.2 Å². The van der Waals surface area contributed by atoms with Crippen LogP contribution in [0.25, 0.3) is 0 Å². The fraction of sp³-hybridized carbons (Fsp3) is 0.842. The van der Waals surface area contributed by atoms with Gasteiger partial charge >= 0.3 is 5.97 Å². The van der Waals surface area contributed by atoms with Crippen LogP contribution in [0.1, 0.15) is 77.0 Å². The second kappa shape index (κ2) is 18.4. The molecule has 1 atom stereocenters. The molecule has 5 nitrogen and oxygen atoms in total. The Balaban J connectivity index is 3.22. The van der Waals surface area contributed by atoms with Gasteiger partial charge in [0.25, 0.3) is 0 Å². The molecule has 0 aliphatic heterocycles. The number of hydrogen-bond donors (Lipinski definition) is 3. The van der Waals surface area contributed by atoms with E-state index in [1.165, 1.54) is 25.7 Å². The van der Waals surface area contributed by atoms with Gasteiger partial charge < -0.3 is 20.1 Å². The van der Waals surface area contributed by atoms with Crippen LogP contribution in [0.5, 0.6) is 0 Å². The number of esters is 1. The van der Waals surface area contributed by atoms with Gasteiger partial charge in [-0.05, 0) is 38.5 Å². The Morgan fingerprint density at radius 2 is 1.38 bits per heavy atom. The van der Waals surface area contributed by atoms with E-state index in [1.807, 2.05) is 0 Å². The summed E-state index contributed by atoms with van der Waals surface area (Å²) in [5.41, 5.74) is 0. The van der Waals surface area contributed by atoms with Crippen LogP contribution in [0.15, 0.2) is 12.2 Å². The van der Waals surface area contributed by atoms with E-state index in [2.05, 4.69) is 12.2 Å². The Morgan fingerprint density at radius 1 is 0.833 bits per heavy atom. The highest BCUT2D eigenvalue weighted by atomic mass is 16.5. The van der Waals surface area contributed by atoms with Crippen molar-refractivity contribution in [1.29, 1.82) is 0 Å². The van der Waals surface area contributed by atoms with Crippen molar-refractivity contribution in [1.82, 2.24) is 0 Å². The van der Waals surface area contributed by atoms with Gasteiger partial charge in [0.05, 0.1) is 6.61 Å². The van der Waals surface area contributed by atoms with Crippen molar-refractivity contribution in [2.75, 3.05) is 19.8 Å². The lowest BCUT2D eigenvalue weighted by molar-refractivity contribution is -0.147. The second-order valence-corrected chi connectivity index (χ2v) is 6.22. The lowest BCUT2D eigenvalue weighted by Crippen LogP contribution is -2.21. The molecule has 0 aliphatic rings. The van der Waals surface area contributed by atoms with Crippen LogP contribution in [0.2, 0.25) is 0 Å². The van der Waals surface area contributed by atoms with E-state index in [0.717, 1.165) is 44.9 Å². The standard InChI is InChI=1S/C19H36O5/c20-15-13-11-9-7-5-3-1-2-4-6-8-10-12-14-19(23)24-17-18(22)16-21/h3,5,18,20-22H,1-2,4,6-17H2/b5-3+.